The largest absolute Gasteiger partial charge is 0.496 e. The van der Waals surface area contributed by atoms with Crippen molar-refractivity contribution in [3.05, 3.63) is 48.0 Å². The first-order valence-electron chi connectivity index (χ1n) is 9.75. The second-order valence-electron chi connectivity index (χ2n) is 6.71. The summed E-state index contributed by atoms with van der Waals surface area (Å²) >= 11 is 1.61. The Balaban J connectivity index is 1.72. The second kappa shape index (κ2) is 10.8. The molecule has 1 heterocycles. The molecular weight excluding hydrogens is 404 g/mol. The van der Waals surface area contributed by atoms with Gasteiger partial charge >= 0.3 is 0 Å². The van der Waals surface area contributed by atoms with E-state index < -0.39 is 6.04 Å². The van der Waals surface area contributed by atoms with Crippen LogP contribution in [0.5, 0.6) is 17.2 Å². The maximum atomic E-state index is 12.9. The Morgan fingerprint density at radius 2 is 1.90 bits per heavy atom. The van der Waals surface area contributed by atoms with Gasteiger partial charge in [0.1, 0.15) is 11.8 Å². The van der Waals surface area contributed by atoms with Crippen molar-refractivity contribution in [3.63, 3.8) is 0 Å². The lowest BCUT2D eigenvalue weighted by molar-refractivity contribution is -0.118. The molecule has 30 heavy (non-hydrogen) atoms. The third-order valence-corrected chi connectivity index (χ3v) is 5.24. The van der Waals surface area contributed by atoms with Gasteiger partial charge in [-0.1, -0.05) is 12.1 Å². The first-order chi connectivity index (χ1) is 14.6. The standard InChI is InChI=1S/C22H26N2O5S/c1-27-18-7-4-3-6-16(18)21(25)24-17(10-13-30-2)22(26)23-15-8-9-19-20(14-15)29-12-5-11-28-19/h3-4,6-9,14,17H,5,10-13H2,1-2H3,(H,23,26)(H,24,25). The van der Waals surface area contributed by atoms with Crippen molar-refractivity contribution in [2.24, 2.45) is 0 Å². The number of carbonyl (C=O) groups is 2. The SMILES string of the molecule is COc1ccccc1C(=O)NC(CCSC)C(=O)Nc1ccc2c(c1)OCCCO2. The zero-order valence-electron chi connectivity index (χ0n) is 17.1. The van der Waals surface area contributed by atoms with E-state index in [2.05, 4.69) is 10.6 Å². The van der Waals surface area contributed by atoms with Crippen molar-refractivity contribution < 1.29 is 23.8 Å². The summed E-state index contributed by atoms with van der Waals surface area (Å²) in [6.45, 7) is 1.17. The molecule has 1 aliphatic heterocycles. The average Bonchev–Trinajstić information content (AvgIpc) is 3.01. The van der Waals surface area contributed by atoms with Crippen LogP contribution >= 0.6 is 11.8 Å². The lowest BCUT2D eigenvalue weighted by atomic mass is 10.1. The van der Waals surface area contributed by atoms with Gasteiger partial charge in [-0.15, -0.1) is 0 Å². The molecule has 160 valence electrons. The molecule has 1 unspecified atom stereocenters. The van der Waals surface area contributed by atoms with Crippen LogP contribution in [-0.4, -0.2) is 50.2 Å². The summed E-state index contributed by atoms with van der Waals surface area (Å²) in [5.41, 5.74) is 0.975. The van der Waals surface area contributed by atoms with E-state index in [0.717, 1.165) is 12.2 Å². The predicted molar refractivity (Wildman–Crippen MR) is 118 cm³/mol. The summed E-state index contributed by atoms with van der Waals surface area (Å²) < 4.78 is 16.6. The summed E-state index contributed by atoms with van der Waals surface area (Å²) in [4.78, 5) is 25.7. The third-order valence-electron chi connectivity index (χ3n) is 4.60. The number of fused-ring (bicyclic) bond motifs is 1. The van der Waals surface area contributed by atoms with Gasteiger partial charge in [0.15, 0.2) is 11.5 Å². The van der Waals surface area contributed by atoms with Crippen LogP contribution in [0.25, 0.3) is 0 Å². The van der Waals surface area contributed by atoms with Crippen LogP contribution < -0.4 is 24.8 Å². The summed E-state index contributed by atoms with van der Waals surface area (Å²) in [6.07, 6.45) is 3.27. The van der Waals surface area contributed by atoms with Gasteiger partial charge in [0.25, 0.3) is 5.91 Å². The summed E-state index contributed by atoms with van der Waals surface area (Å²) in [7, 11) is 1.51. The van der Waals surface area contributed by atoms with E-state index in [4.69, 9.17) is 14.2 Å². The lowest BCUT2D eigenvalue weighted by Gasteiger charge is -2.19. The monoisotopic (exact) mass is 430 g/mol. The summed E-state index contributed by atoms with van der Waals surface area (Å²) in [5, 5.41) is 5.71. The number of thioether (sulfide) groups is 1. The summed E-state index contributed by atoms with van der Waals surface area (Å²) in [6, 6.07) is 11.5. The highest BCUT2D eigenvalue weighted by Gasteiger charge is 2.23. The predicted octanol–water partition coefficient (Wildman–Crippen LogP) is 3.35. The molecule has 1 atom stereocenters. The van der Waals surface area contributed by atoms with Crippen molar-refractivity contribution in [1.29, 1.82) is 0 Å². The van der Waals surface area contributed by atoms with E-state index >= 15 is 0 Å². The molecule has 0 spiro atoms. The number of para-hydroxylation sites is 1. The number of benzene rings is 2. The third kappa shape index (κ3) is 5.60. The molecule has 0 bridgehead atoms. The number of ether oxygens (including phenoxy) is 3. The van der Waals surface area contributed by atoms with Gasteiger partial charge in [0, 0.05) is 18.2 Å². The number of amides is 2. The molecule has 3 rings (SSSR count). The first kappa shape index (κ1) is 21.8. The minimum absolute atomic E-state index is 0.290. The highest BCUT2D eigenvalue weighted by atomic mass is 32.2. The molecule has 0 aromatic heterocycles. The molecule has 0 aliphatic carbocycles. The fourth-order valence-corrected chi connectivity index (χ4v) is 3.51. The molecule has 8 heteroatoms. The Morgan fingerprint density at radius 3 is 2.67 bits per heavy atom. The van der Waals surface area contributed by atoms with E-state index in [1.165, 1.54) is 7.11 Å². The van der Waals surface area contributed by atoms with E-state index in [1.54, 1.807) is 54.2 Å². The first-order valence-corrected chi connectivity index (χ1v) is 11.1. The Kier molecular flexibility index (Phi) is 7.84. The van der Waals surface area contributed by atoms with Crippen LogP contribution in [0.15, 0.2) is 42.5 Å². The number of methoxy groups -OCH3 is 1. The van der Waals surface area contributed by atoms with Gasteiger partial charge in [0.2, 0.25) is 5.91 Å². The van der Waals surface area contributed by atoms with Crippen LogP contribution in [0.1, 0.15) is 23.2 Å². The minimum atomic E-state index is -0.689. The number of hydrogen-bond donors (Lipinski definition) is 2. The fourth-order valence-electron chi connectivity index (χ4n) is 3.04. The number of nitrogens with one attached hydrogen (secondary N) is 2. The molecule has 7 nitrogen and oxygen atoms in total. The van der Waals surface area contributed by atoms with E-state index in [9.17, 15) is 9.59 Å². The lowest BCUT2D eigenvalue weighted by Crippen LogP contribution is -2.44. The highest BCUT2D eigenvalue weighted by Crippen LogP contribution is 2.32. The minimum Gasteiger partial charge on any atom is -0.496 e. The molecule has 0 saturated carbocycles. The van der Waals surface area contributed by atoms with E-state index in [-0.39, 0.29) is 11.8 Å². The normalized spacial score (nSPS) is 13.7. The fraction of sp³-hybridized carbons (Fsp3) is 0.364. The van der Waals surface area contributed by atoms with Crippen LogP contribution in [0.3, 0.4) is 0 Å². The number of hydrogen-bond acceptors (Lipinski definition) is 6. The molecule has 0 fully saturated rings. The molecule has 2 N–H and O–H groups in total. The Labute approximate surface area is 180 Å². The van der Waals surface area contributed by atoms with Crippen LogP contribution in [0, 0.1) is 0 Å². The van der Waals surface area contributed by atoms with Crippen molar-refractivity contribution in [2.45, 2.75) is 18.9 Å². The Hall–Kier alpha value is -2.87. The molecule has 2 amide bonds. The topological polar surface area (TPSA) is 85.9 Å². The molecule has 0 saturated heterocycles. The smallest absolute Gasteiger partial charge is 0.255 e. The van der Waals surface area contributed by atoms with Crippen LogP contribution in [0.4, 0.5) is 5.69 Å². The second-order valence-corrected chi connectivity index (χ2v) is 7.69. The zero-order valence-corrected chi connectivity index (χ0v) is 17.9. The van der Waals surface area contributed by atoms with E-state index in [0.29, 0.717) is 48.1 Å². The number of anilines is 1. The molecule has 2 aromatic rings. The molecular formula is C22H26N2O5S. The van der Waals surface area contributed by atoms with Gasteiger partial charge in [-0.25, -0.2) is 0 Å². The number of carbonyl (C=O) groups excluding carboxylic acids is 2. The maximum absolute atomic E-state index is 12.9. The molecule has 2 aromatic carbocycles. The van der Waals surface area contributed by atoms with Crippen LogP contribution in [0.2, 0.25) is 0 Å². The average molecular weight is 431 g/mol. The van der Waals surface area contributed by atoms with Crippen LogP contribution in [-0.2, 0) is 4.79 Å². The van der Waals surface area contributed by atoms with E-state index in [1.807, 2.05) is 6.26 Å². The van der Waals surface area contributed by atoms with Crippen molar-refractivity contribution >= 4 is 29.3 Å². The Morgan fingerprint density at radius 1 is 1.13 bits per heavy atom. The van der Waals surface area contributed by atoms with Gasteiger partial charge in [0.05, 0.1) is 25.9 Å². The van der Waals surface area contributed by atoms with Gasteiger partial charge in [-0.05, 0) is 42.7 Å². The van der Waals surface area contributed by atoms with Crippen molar-refractivity contribution in [3.8, 4) is 17.2 Å². The highest BCUT2D eigenvalue weighted by molar-refractivity contribution is 7.98. The molecule has 0 radical (unpaired) electrons. The zero-order chi connectivity index (χ0) is 21.3. The van der Waals surface area contributed by atoms with Gasteiger partial charge in [-0.3, -0.25) is 9.59 Å². The van der Waals surface area contributed by atoms with Crippen molar-refractivity contribution in [1.82, 2.24) is 5.32 Å². The van der Waals surface area contributed by atoms with Gasteiger partial charge in [-0.2, -0.15) is 11.8 Å². The number of rotatable bonds is 8. The van der Waals surface area contributed by atoms with Crippen molar-refractivity contribution in [2.75, 3.05) is 37.6 Å². The quantitative estimate of drug-likeness (QED) is 0.668. The maximum Gasteiger partial charge on any atom is 0.255 e. The summed E-state index contributed by atoms with van der Waals surface area (Å²) in [5.74, 6) is 1.81. The Bertz CT molecular complexity index is 890. The van der Waals surface area contributed by atoms with Gasteiger partial charge < -0.3 is 24.8 Å². The molecule has 1 aliphatic rings.